The molecular weight excluding hydrogens is 394 g/mol. The van der Waals surface area contributed by atoms with Gasteiger partial charge in [-0.15, -0.1) is 11.3 Å². The first-order valence-electron chi connectivity index (χ1n) is 7.69. The summed E-state index contributed by atoms with van der Waals surface area (Å²) in [5, 5.41) is 0.0590. The summed E-state index contributed by atoms with van der Waals surface area (Å²) in [7, 11) is 4.22. The molecule has 1 aliphatic rings. The lowest BCUT2D eigenvalue weighted by Crippen LogP contribution is -2.40. The summed E-state index contributed by atoms with van der Waals surface area (Å²) in [6.45, 7) is 0. The van der Waals surface area contributed by atoms with Gasteiger partial charge in [-0.3, -0.25) is 9.59 Å². The maximum absolute atomic E-state index is 12.6. The van der Waals surface area contributed by atoms with Crippen LogP contribution in [0.4, 0.5) is 0 Å². The Balaban J connectivity index is 2.17. The average Bonchev–Trinajstić information content (AvgIpc) is 3.05. The largest absolute Gasteiger partial charge is 0.497 e. The molecule has 3 atom stereocenters. The molecule has 2 heterocycles. The van der Waals surface area contributed by atoms with Crippen LogP contribution in [0, 0.1) is 9.87 Å². The lowest BCUT2D eigenvalue weighted by atomic mass is 9.82. The van der Waals surface area contributed by atoms with Crippen LogP contribution < -0.4 is 4.74 Å². The number of nitrogens with one attached hydrogen (secondary N) is 1. The maximum Gasteiger partial charge on any atom is 0.320 e. The molecule has 0 bridgehead atoms. The minimum Gasteiger partial charge on any atom is -0.497 e. The highest BCUT2D eigenvalue weighted by Crippen LogP contribution is 2.50. The first-order chi connectivity index (χ1) is 12.5. The van der Waals surface area contributed by atoms with Crippen LogP contribution in [0.5, 0.6) is 5.75 Å². The van der Waals surface area contributed by atoms with E-state index in [0.717, 1.165) is 15.5 Å². The number of H-pyrrole nitrogens is 1. The highest BCUT2D eigenvalue weighted by molar-refractivity contribution is 8.00. The Morgan fingerprint density at radius 2 is 1.73 bits per heavy atom. The molecular formula is C17H17NO5S3. The van der Waals surface area contributed by atoms with E-state index in [1.807, 2.05) is 24.3 Å². The SMILES string of the molecule is COC(=O)C1Sc2[nH]c(=S)sc2C(c2ccc(OC)cc2)C1C(=O)OC. The van der Waals surface area contributed by atoms with Gasteiger partial charge in [0.15, 0.2) is 3.95 Å². The number of thioether (sulfide) groups is 1. The van der Waals surface area contributed by atoms with Crippen molar-refractivity contribution in [1.29, 1.82) is 0 Å². The molecule has 0 aliphatic carbocycles. The Morgan fingerprint density at radius 3 is 2.31 bits per heavy atom. The van der Waals surface area contributed by atoms with Crippen LogP contribution in [0.1, 0.15) is 16.4 Å². The van der Waals surface area contributed by atoms with Crippen molar-refractivity contribution in [2.24, 2.45) is 5.92 Å². The number of fused-ring (bicyclic) bond motifs is 1. The second-order valence-corrected chi connectivity index (χ2v) is 8.44. The molecule has 6 nitrogen and oxygen atoms in total. The molecule has 0 spiro atoms. The van der Waals surface area contributed by atoms with E-state index in [1.54, 1.807) is 7.11 Å². The van der Waals surface area contributed by atoms with Crippen LogP contribution >= 0.6 is 35.3 Å². The van der Waals surface area contributed by atoms with Crippen molar-refractivity contribution in [3.05, 3.63) is 38.7 Å². The number of carbonyl (C=O) groups is 2. The zero-order valence-corrected chi connectivity index (χ0v) is 16.8. The third-order valence-electron chi connectivity index (χ3n) is 4.24. The number of benzene rings is 1. The van der Waals surface area contributed by atoms with Crippen molar-refractivity contribution in [3.8, 4) is 5.75 Å². The predicted molar refractivity (Wildman–Crippen MR) is 102 cm³/mol. The zero-order valence-electron chi connectivity index (χ0n) is 14.3. The van der Waals surface area contributed by atoms with Gasteiger partial charge in [0.2, 0.25) is 0 Å². The number of hydrogen-bond acceptors (Lipinski definition) is 8. The van der Waals surface area contributed by atoms with Gasteiger partial charge in [0.25, 0.3) is 0 Å². The first kappa shape index (κ1) is 18.9. The highest BCUT2D eigenvalue weighted by Gasteiger charge is 2.48. The van der Waals surface area contributed by atoms with E-state index < -0.39 is 23.1 Å². The fourth-order valence-corrected chi connectivity index (χ4v) is 5.97. The van der Waals surface area contributed by atoms with Gasteiger partial charge in [-0.1, -0.05) is 23.9 Å². The molecule has 26 heavy (non-hydrogen) atoms. The number of thiazole rings is 1. The summed E-state index contributed by atoms with van der Waals surface area (Å²) in [5.41, 5.74) is 0.877. The second kappa shape index (κ2) is 7.81. The molecule has 3 rings (SSSR count). The minimum absolute atomic E-state index is 0.369. The van der Waals surface area contributed by atoms with E-state index in [4.69, 9.17) is 26.4 Å². The summed E-state index contributed by atoms with van der Waals surface area (Å²) in [6, 6.07) is 7.42. The number of esters is 2. The lowest BCUT2D eigenvalue weighted by molar-refractivity contribution is -0.151. The van der Waals surface area contributed by atoms with E-state index in [0.29, 0.717) is 9.70 Å². The number of aromatic amines is 1. The molecule has 2 aromatic rings. The number of rotatable bonds is 4. The second-order valence-electron chi connectivity index (χ2n) is 5.57. The fourth-order valence-electron chi connectivity index (χ4n) is 3.03. The molecule has 0 saturated heterocycles. The Kier molecular flexibility index (Phi) is 5.69. The van der Waals surface area contributed by atoms with E-state index in [-0.39, 0.29) is 5.92 Å². The summed E-state index contributed by atoms with van der Waals surface area (Å²) < 4.78 is 15.8. The zero-order chi connectivity index (χ0) is 18.8. The Hall–Kier alpha value is -1.84. The molecule has 9 heteroatoms. The highest BCUT2D eigenvalue weighted by atomic mass is 32.2. The molecule has 1 aliphatic heterocycles. The summed E-state index contributed by atoms with van der Waals surface area (Å²) in [4.78, 5) is 29.0. The van der Waals surface area contributed by atoms with Gasteiger partial charge >= 0.3 is 11.9 Å². The van der Waals surface area contributed by atoms with E-state index in [9.17, 15) is 9.59 Å². The van der Waals surface area contributed by atoms with Gasteiger partial charge < -0.3 is 19.2 Å². The molecule has 0 radical (unpaired) electrons. The van der Waals surface area contributed by atoms with Crippen molar-refractivity contribution in [3.63, 3.8) is 0 Å². The number of methoxy groups -OCH3 is 3. The van der Waals surface area contributed by atoms with E-state index in [2.05, 4.69) is 4.98 Å². The predicted octanol–water partition coefficient (Wildman–Crippen LogP) is 3.38. The molecule has 1 N–H and O–H groups in total. The minimum atomic E-state index is -0.729. The smallest absolute Gasteiger partial charge is 0.320 e. The average molecular weight is 412 g/mol. The quantitative estimate of drug-likeness (QED) is 0.610. The van der Waals surface area contributed by atoms with Crippen LogP contribution in [0.15, 0.2) is 29.3 Å². The van der Waals surface area contributed by atoms with Crippen molar-refractivity contribution in [2.75, 3.05) is 21.3 Å². The summed E-state index contributed by atoms with van der Waals surface area (Å²) in [6.07, 6.45) is 0. The Labute approximate surface area is 163 Å². The maximum atomic E-state index is 12.6. The normalized spacial score (nSPS) is 21.6. The van der Waals surface area contributed by atoms with Crippen LogP contribution in [0.25, 0.3) is 0 Å². The fraction of sp³-hybridized carbons (Fsp3) is 0.353. The number of hydrogen-bond donors (Lipinski definition) is 1. The molecule has 1 aromatic heterocycles. The van der Waals surface area contributed by atoms with Crippen LogP contribution in [0.3, 0.4) is 0 Å². The summed E-state index contributed by atoms with van der Waals surface area (Å²) in [5.74, 6) is -1.31. The van der Waals surface area contributed by atoms with Crippen molar-refractivity contribution >= 4 is 47.3 Å². The molecule has 0 amide bonds. The number of carbonyl (C=O) groups excluding carboxylic acids is 2. The third kappa shape index (κ3) is 3.38. The molecule has 1 aromatic carbocycles. The Morgan fingerprint density at radius 1 is 1.08 bits per heavy atom. The number of ether oxygens (including phenoxy) is 3. The van der Waals surface area contributed by atoms with Gasteiger partial charge in [-0.05, 0) is 29.9 Å². The van der Waals surface area contributed by atoms with Gasteiger partial charge in [0, 0.05) is 10.8 Å². The first-order valence-corrected chi connectivity index (χ1v) is 9.79. The Bertz CT molecular complexity index is 873. The molecule has 0 fully saturated rings. The standard InChI is InChI=1S/C17H17NO5S3/c1-21-9-6-4-8(5-7-9)10-11(15(19)22-2)13(16(20)23-3)25-14-12(10)26-17(24)18-14/h4-7,10-11,13H,1-3H3,(H,18,24). The van der Waals surface area contributed by atoms with Crippen molar-refractivity contribution < 1.29 is 23.8 Å². The third-order valence-corrected chi connectivity index (χ3v) is 6.98. The van der Waals surface area contributed by atoms with Gasteiger partial charge in [0.1, 0.15) is 11.0 Å². The molecule has 138 valence electrons. The van der Waals surface area contributed by atoms with Gasteiger partial charge in [0.05, 0.1) is 32.3 Å². The van der Waals surface area contributed by atoms with E-state index >= 15 is 0 Å². The monoisotopic (exact) mass is 411 g/mol. The number of aromatic nitrogens is 1. The van der Waals surface area contributed by atoms with Crippen LogP contribution in [-0.4, -0.2) is 43.5 Å². The van der Waals surface area contributed by atoms with Crippen LogP contribution in [0.2, 0.25) is 0 Å². The van der Waals surface area contributed by atoms with Crippen molar-refractivity contribution in [1.82, 2.24) is 4.98 Å². The van der Waals surface area contributed by atoms with Gasteiger partial charge in [-0.2, -0.15) is 0 Å². The van der Waals surface area contributed by atoms with Gasteiger partial charge in [-0.25, -0.2) is 0 Å². The molecule has 0 saturated carbocycles. The van der Waals surface area contributed by atoms with E-state index in [1.165, 1.54) is 37.3 Å². The topological polar surface area (TPSA) is 77.6 Å². The summed E-state index contributed by atoms with van der Waals surface area (Å²) >= 11 is 7.95. The molecule has 3 unspecified atom stereocenters. The lowest BCUT2D eigenvalue weighted by Gasteiger charge is -2.34. The van der Waals surface area contributed by atoms with Crippen molar-refractivity contribution in [2.45, 2.75) is 16.2 Å². The van der Waals surface area contributed by atoms with Crippen LogP contribution in [-0.2, 0) is 19.1 Å².